The van der Waals surface area contributed by atoms with E-state index in [1.807, 2.05) is 26.1 Å². The number of hydrogen-bond acceptors (Lipinski definition) is 5. The SMILES string of the molecule is CCOC(=O)c1cnn(C)c1CNCc1ncccc1C. The van der Waals surface area contributed by atoms with Crippen molar-refractivity contribution in [2.24, 2.45) is 7.05 Å². The first kappa shape index (κ1) is 15.2. The first-order chi connectivity index (χ1) is 10.1. The van der Waals surface area contributed by atoms with Crippen molar-refractivity contribution in [3.8, 4) is 0 Å². The molecule has 0 bridgehead atoms. The van der Waals surface area contributed by atoms with Crippen molar-refractivity contribution in [2.75, 3.05) is 6.61 Å². The Morgan fingerprint density at radius 1 is 1.43 bits per heavy atom. The summed E-state index contributed by atoms with van der Waals surface area (Å²) in [5.74, 6) is -0.337. The first-order valence-corrected chi connectivity index (χ1v) is 6.92. The van der Waals surface area contributed by atoms with E-state index in [9.17, 15) is 4.79 Å². The molecule has 0 saturated heterocycles. The average molecular weight is 288 g/mol. The molecule has 0 radical (unpaired) electrons. The van der Waals surface area contributed by atoms with E-state index >= 15 is 0 Å². The molecule has 6 nitrogen and oxygen atoms in total. The summed E-state index contributed by atoms with van der Waals surface area (Å²) in [7, 11) is 1.81. The second kappa shape index (κ2) is 6.99. The van der Waals surface area contributed by atoms with Crippen LogP contribution in [-0.2, 0) is 24.9 Å². The van der Waals surface area contributed by atoms with Crippen LogP contribution in [0, 0.1) is 6.92 Å². The third-order valence-electron chi connectivity index (χ3n) is 3.26. The largest absolute Gasteiger partial charge is 0.462 e. The van der Waals surface area contributed by atoms with Gasteiger partial charge in [-0.3, -0.25) is 9.67 Å². The standard InChI is InChI=1S/C15H20N4O2/c1-4-21-15(20)12-8-18-19(3)14(12)10-16-9-13-11(2)6-5-7-17-13/h5-8,16H,4,9-10H2,1-3H3. The Labute approximate surface area is 124 Å². The highest BCUT2D eigenvalue weighted by Crippen LogP contribution is 2.10. The zero-order chi connectivity index (χ0) is 15.2. The van der Waals surface area contributed by atoms with Crippen LogP contribution in [0.15, 0.2) is 24.5 Å². The van der Waals surface area contributed by atoms with Crippen LogP contribution in [-0.4, -0.2) is 27.3 Å². The highest BCUT2D eigenvalue weighted by Gasteiger charge is 2.16. The van der Waals surface area contributed by atoms with Crippen molar-refractivity contribution >= 4 is 5.97 Å². The number of rotatable bonds is 6. The van der Waals surface area contributed by atoms with Crippen LogP contribution >= 0.6 is 0 Å². The quantitative estimate of drug-likeness (QED) is 0.817. The fourth-order valence-electron chi connectivity index (χ4n) is 2.05. The van der Waals surface area contributed by atoms with Gasteiger partial charge in [-0.05, 0) is 25.5 Å². The van der Waals surface area contributed by atoms with Crippen LogP contribution in [0.2, 0.25) is 0 Å². The van der Waals surface area contributed by atoms with Gasteiger partial charge < -0.3 is 10.1 Å². The number of ether oxygens (including phenoxy) is 1. The van der Waals surface area contributed by atoms with Gasteiger partial charge in [0.2, 0.25) is 0 Å². The van der Waals surface area contributed by atoms with E-state index < -0.39 is 0 Å². The van der Waals surface area contributed by atoms with E-state index in [0.29, 0.717) is 25.3 Å². The van der Waals surface area contributed by atoms with Gasteiger partial charge in [0.25, 0.3) is 0 Å². The number of esters is 1. The van der Waals surface area contributed by atoms with Crippen LogP contribution in [0.4, 0.5) is 0 Å². The maximum Gasteiger partial charge on any atom is 0.341 e. The van der Waals surface area contributed by atoms with Crippen LogP contribution < -0.4 is 5.32 Å². The molecule has 112 valence electrons. The fourth-order valence-corrected chi connectivity index (χ4v) is 2.05. The van der Waals surface area contributed by atoms with E-state index in [-0.39, 0.29) is 5.97 Å². The van der Waals surface area contributed by atoms with Crippen LogP contribution in [0.5, 0.6) is 0 Å². The van der Waals surface area contributed by atoms with Gasteiger partial charge in [0, 0.05) is 26.3 Å². The van der Waals surface area contributed by atoms with Gasteiger partial charge in [0.1, 0.15) is 5.56 Å². The van der Waals surface area contributed by atoms with Crippen LogP contribution in [0.1, 0.15) is 34.2 Å². The van der Waals surface area contributed by atoms with Crippen molar-refractivity contribution in [1.29, 1.82) is 0 Å². The number of aryl methyl sites for hydroxylation is 2. The minimum Gasteiger partial charge on any atom is -0.462 e. The molecule has 2 rings (SSSR count). The van der Waals surface area contributed by atoms with Gasteiger partial charge >= 0.3 is 5.97 Å². The van der Waals surface area contributed by atoms with Crippen LogP contribution in [0.25, 0.3) is 0 Å². The van der Waals surface area contributed by atoms with Gasteiger partial charge in [-0.2, -0.15) is 5.10 Å². The lowest BCUT2D eigenvalue weighted by Gasteiger charge is -2.09. The van der Waals surface area contributed by atoms with Gasteiger partial charge in [0.05, 0.1) is 24.2 Å². The predicted molar refractivity (Wildman–Crippen MR) is 78.7 cm³/mol. The number of carbonyl (C=O) groups is 1. The van der Waals surface area contributed by atoms with Crippen molar-refractivity contribution in [1.82, 2.24) is 20.1 Å². The Morgan fingerprint density at radius 2 is 2.24 bits per heavy atom. The Hall–Kier alpha value is -2.21. The number of carbonyl (C=O) groups excluding carboxylic acids is 1. The molecule has 0 amide bonds. The second-order valence-corrected chi connectivity index (χ2v) is 4.72. The molecule has 0 aliphatic rings. The summed E-state index contributed by atoms with van der Waals surface area (Å²) in [5, 5.41) is 7.42. The normalized spacial score (nSPS) is 10.6. The second-order valence-electron chi connectivity index (χ2n) is 4.72. The molecule has 0 spiro atoms. The molecule has 0 saturated carbocycles. The maximum atomic E-state index is 11.9. The van der Waals surface area contributed by atoms with E-state index in [0.717, 1.165) is 17.0 Å². The fraction of sp³-hybridized carbons (Fsp3) is 0.400. The number of aromatic nitrogens is 3. The Morgan fingerprint density at radius 3 is 2.95 bits per heavy atom. The summed E-state index contributed by atoms with van der Waals surface area (Å²) in [5.41, 5.74) is 3.45. The predicted octanol–water partition coefficient (Wildman–Crippen LogP) is 1.59. The minimum atomic E-state index is -0.337. The highest BCUT2D eigenvalue weighted by molar-refractivity contribution is 5.90. The lowest BCUT2D eigenvalue weighted by atomic mass is 10.2. The van der Waals surface area contributed by atoms with Crippen LogP contribution in [0.3, 0.4) is 0 Å². The number of nitrogens with zero attached hydrogens (tertiary/aromatic N) is 3. The molecular formula is C15H20N4O2. The van der Waals surface area contributed by atoms with Crippen molar-refractivity contribution in [3.63, 3.8) is 0 Å². The monoisotopic (exact) mass is 288 g/mol. The minimum absolute atomic E-state index is 0.337. The molecule has 1 N–H and O–H groups in total. The summed E-state index contributed by atoms with van der Waals surface area (Å²) < 4.78 is 6.72. The Balaban J connectivity index is 2.02. The lowest BCUT2D eigenvalue weighted by Crippen LogP contribution is -2.19. The molecule has 6 heteroatoms. The smallest absolute Gasteiger partial charge is 0.341 e. The molecule has 0 atom stereocenters. The van der Waals surface area contributed by atoms with E-state index in [1.165, 1.54) is 0 Å². The topological polar surface area (TPSA) is 69.0 Å². The van der Waals surface area contributed by atoms with Gasteiger partial charge in [-0.15, -0.1) is 0 Å². The highest BCUT2D eigenvalue weighted by atomic mass is 16.5. The van der Waals surface area contributed by atoms with E-state index in [2.05, 4.69) is 15.4 Å². The summed E-state index contributed by atoms with van der Waals surface area (Å²) >= 11 is 0. The van der Waals surface area contributed by atoms with Gasteiger partial charge in [0.15, 0.2) is 0 Å². The van der Waals surface area contributed by atoms with E-state index in [4.69, 9.17) is 4.74 Å². The molecule has 2 heterocycles. The first-order valence-electron chi connectivity index (χ1n) is 6.92. The number of pyridine rings is 1. The molecule has 21 heavy (non-hydrogen) atoms. The van der Waals surface area contributed by atoms with E-state index in [1.54, 1.807) is 24.0 Å². The Bertz CT molecular complexity index is 622. The third-order valence-corrected chi connectivity index (χ3v) is 3.26. The molecule has 2 aromatic rings. The average Bonchev–Trinajstić information content (AvgIpc) is 2.83. The summed E-state index contributed by atoms with van der Waals surface area (Å²) in [6.07, 6.45) is 3.32. The molecule has 2 aromatic heterocycles. The summed E-state index contributed by atoms with van der Waals surface area (Å²) in [6.45, 7) is 5.34. The number of nitrogens with one attached hydrogen (secondary N) is 1. The van der Waals surface area contributed by atoms with Crippen molar-refractivity contribution in [2.45, 2.75) is 26.9 Å². The molecule has 0 aliphatic heterocycles. The lowest BCUT2D eigenvalue weighted by molar-refractivity contribution is 0.0524. The summed E-state index contributed by atoms with van der Waals surface area (Å²) in [6, 6.07) is 3.94. The molecule has 0 fully saturated rings. The van der Waals surface area contributed by atoms with Crippen molar-refractivity contribution in [3.05, 3.63) is 47.0 Å². The molecular weight excluding hydrogens is 268 g/mol. The van der Waals surface area contributed by atoms with Crippen molar-refractivity contribution < 1.29 is 9.53 Å². The summed E-state index contributed by atoms with van der Waals surface area (Å²) in [4.78, 5) is 16.2. The Kier molecular flexibility index (Phi) is 5.05. The zero-order valence-corrected chi connectivity index (χ0v) is 12.6. The molecule has 0 unspecified atom stereocenters. The van der Waals surface area contributed by atoms with Gasteiger partial charge in [-0.25, -0.2) is 4.79 Å². The third kappa shape index (κ3) is 3.66. The maximum absolute atomic E-state index is 11.9. The molecule has 0 aliphatic carbocycles. The van der Waals surface area contributed by atoms with Gasteiger partial charge in [-0.1, -0.05) is 6.07 Å². The molecule has 0 aromatic carbocycles. The zero-order valence-electron chi connectivity index (χ0n) is 12.6. The number of hydrogen-bond donors (Lipinski definition) is 1.